The standard InChI is InChI=1S/C11H19NO3/c1-11(7-15-6-9(11)12)10(13)8-2-4-14-5-3-8/h8-9H,2-7,12H2,1H3. The maximum atomic E-state index is 12.3. The number of carbonyl (C=O) groups is 1. The maximum Gasteiger partial charge on any atom is 0.145 e. The number of ketones is 1. The van der Waals surface area contributed by atoms with Crippen molar-refractivity contribution >= 4 is 5.78 Å². The molecule has 0 aromatic heterocycles. The molecule has 0 amide bonds. The number of hydrogen-bond donors (Lipinski definition) is 1. The Labute approximate surface area is 90.1 Å². The molecule has 4 nitrogen and oxygen atoms in total. The summed E-state index contributed by atoms with van der Waals surface area (Å²) in [7, 11) is 0. The van der Waals surface area contributed by atoms with E-state index < -0.39 is 5.41 Å². The monoisotopic (exact) mass is 213 g/mol. The molecular weight excluding hydrogens is 194 g/mol. The van der Waals surface area contributed by atoms with Crippen LogP contribution in [0.25, 0.3) is 0 Å². The van der Waals surface area contributed by atoms with Crippen molar-refractivity contribution in [2.24, 2.45) is 17.1 Å². The van der Waals surface area contributed by atoms with Gasteiger partial charge in [-0.25, -0.2) is 0 Å². The quantitative estimate of drug-likeness (QED) is 0.719. The molecule has 2 aliphatic heterocycles. The molecule has 0 radical (unpaired) electrons. The van der Waals surface area contributed by atoms with Gasteiger partial charge < -0.3 is 15.2 Å². The van der Waals surface area contributed by atoms with E-state index in [0.29, 0.717) is 26.4 Å². The SMILES string of the molecule is CC1(C(=O)C2CCOCC2)COCC1N. The number of carbonyl (C=O) groups excluding carboxylic acids is 1. The van der Waals surface area contributed by atoms with Crippen molar-refractivity contribution in [3.8, 4) is 0 Å². The summed E-state index contributed by atoms with van der Waals surface area (Å²) in [4.78, 5) is 12.3. The summed E-state index contributed by atoms with van der Waals surface area (Å²) in [6, 6.07) is -0.146. The van der Waals surface area contributed by atoms with Crippen LogP contribution in [0.4, 0.5) is 0 Å². The third kappa shape index (κ3) is 1.94. The average molecular weight is 213 g/mol. The highest BCUT2D eigenvalue weighted by atomic mass is 16.5. The van der Waals surface area contributed by atoms with Crippen molar-refractivity contribution in [3.63, 3.8) is 0 Å². The summed E-state index contributed by atoms with van der Waals surface area (Å²) in [5.74, 6) is 0.396. The lowest BCUT2D eigenvalue weighted by Crippen LogP contribution is -2.47. The second kappa shape index (κ2) is 4.20. The minimum absolute atomic E-state index is 0.122. The van der Waals surface area contributed by atoms with Gasteiger partial charge in [0.25, 0.3) is 0 Å². The molecule has 0 aromatic carbocycles. The van der Waals surface area contributed by atoms with Crippen molar-refractivity contribution in [1.82, 2.24) is 0 Å². The van der Waals surface area contributed by atoms with E-state index in [0.717, 1.165) is 12.8 Å². The molecule has 2 N–H and O–H groups in total. The van der Waals surface area contributed by atoms with E-state index in [4.69, 9.17) is 15.2 Å². The molecule has 2 aliphatic rings. The molecule has 2 saturated heterocycles. The van der Waals surface area contributed by atoms with Gasteiger partial charge in [0.05, 0.1) is 18.6 Å². The van der Waals surface area contributed by atoms with Crippen LogP contribution in [0.3, 0.4) is 0 Å². The van der Waals surface area contributed by atoms with Crippen LogP contribution in [-0.2, 0) is 14.3 Å². The molecule has 0 saturated carbocycles. The number of hydrogen-bond acceptors (Lipinski definition) is 4. The van der Waals surface area contributed by atoms with E-state index in [1.807, 2.05) is 6.92 Å². The first-order chi connectivity index (χ1) is 7.14. The normalized spacial score (nSPS) is 38.1. The van der Waals surface area contributed by atoms with Crippen molar-refractivity contribution in [3.05, 3.63) is 0 Å². The molecule has 2 heterocycles. The molecule has 15 heavy (non-hydrogen) atoms. The summed E-state index contributed by atoms with van der Waals surface area (Å²) < 4.78 is 10.6. The first kappa shape index (κ1) is 11.0. The van der Waals surface area contributed by atoms with Gasteiger partial charge in [-0.15, -0.1) is 0 Å². The maximum absolute atomic E-state index is 12.3. The summed E-state index contributed by atoms with van der Waals surface area (Å²) in [6.45, 7) is 4.31. The Morgan fingerprint density at radius 1 is 1.33 bits per heavy atom. The van der Waals surface area contributed by atoms with Gasteiger partial charge in [-0.3, -0.25) is 4.79 Å². The highest BCUT2D eigenvalue weighted by Gasteiger charge is 2.46. The zero-order chi connectivity index (χ0) is 10.9. The first-order valence-corrected chi connectivity index (χ1v) is 5.60. The molecule has 0 aliphatic carbocycles. The number of nitrogens with two attached hydrogens (primary N) is 1. The minimum Gasteiger partial charge on any atom is -0.381 e. The lowest BCUT2D eigenvalue weighted by atomic mass is 9.74. The fourth-order valence-electron chi connectivity index (χ4n) is 2.37. The Morgan fingerprint density at radius 3 is 2.53 bits per heavy atom. The van der Waals surface area contributed by atoms with E-state index in [9.17, 15) is 4.79 Å². The highest BCUT2D eigenvalue weighted by Crippen LogP contribution is 2.33. The summed E-state index contributed by atoms with van der Waals surface area (Å²) in [6.07, 6.45) is 1.67. The van der Waals surface area contributed by atoms with E-state index in [1.54, 1.807) is 0 Å². The summed E-state index contributed by atoms with van der Waals surface area (Å²) in [5.41, 5.74) is 5.47. The fraction of sp³-hybridized carbons (Fsp3) is 0.909. The molecule has 0 bridgehead atoms. The predicted molar refractivity (Wildman–Crippen MR) is 55.5 cm³/mol. The lowest BCUT2D eigenvalue weighted by molar-refractivity contribution is -0.135. The van der Waals surface area contributed by atoms with Crippen LogP contribution >= 0.6 is 0 Å². The summed E-state index contributed by atoms with van der Waals surface area (Å²) in [5, 5.41) is 0. The molecule has 2 rings (SSSR count). The van der Waals surface area contributed by atoms with E-state index >= 15 is 0 Å². The topological polar surface area (TPSA) is 61.5 Å². The van der Waals surface area contributed by atoms with Crippen LogP contribution in [0.2, 0.25) is 0 Å². The van der Waals surface area contributed by atoms with Crippen molar-refractivity contribution in [2.45, 2.75) is 25.8 Å². The predicted octanol–water partition coefficient (Wildman–Crippen LogP) is 0.346. The van der Waals surface area contributed by atoms with Gasteiger partial charge in [0.2, 0.25) is 0 Å². The van der Waals surface area contributed by atoms with Gasteiger partial charge >= 0.3 is 0 Å². The van der Waals surface area contributed by atoms with Gasteiger partial charge in [-0.1, -0.05) is 0 Å². The molecule has 0 spiro atoms. The first-order valence-electron chi connectivity index (χ1n) is 5.60. The smallest absolute Gasteiger partial charge is 0.145 e. The lowest BCUT2D eigenvalue weighted by Gasteiger charge is -2.31. The molecule has 2 unspecified atom stereocenters. The van der Waals surface area contributed by atoms with Gasteiger partial charge in [-0.2, -0.15) is 0 Å². The summed E-state index contributed by atoms with van der Waals surface area (Å²) >= 11 is 0. The van der Waals surface area contributed by atoms with Crippen LogP contribution < -0.4 is 5.73 Å². The van der Waals surface area contributed by atoms with Crippen LogP contribution in [0, 0.1) is 11.3 Å². The third-order valence-electron chi connectivity index (χ3n) is 3.67. The van der Waals surface area contributed by atoms with E-state index in [2.05, 4.69) is 0 Å². The Morgan fingerprint density at radius 2 is 2.00 bits per heavy atom. The van der Waals surface area contributed by atoms with Gasteiger partial charge in [-0.05, 0) is 19.8 Å². The Kier molecular flexibility index (Phi) is 3.09. The number of ether oxygens (including phenoxy) is 2. The molecule has 2 atom stereocenters. The van der Waals surface area contributed by atoms with Gasteiger partial charge in [0.15, 0.2) is 0 Å². The van der Waals surface area contributed by atoms with Crippen LogP contribution in [-0.4, -0.2) is 38.3 Å². The second-order valence-electron chi connectivity index (χ2n) is 4.79. The Bertz CT molecular complexity index is 250. The zero-order valence-electron chi connectivity index (χ0n) is 9.20. The number of Topliss-reactive ketones (excluding diaryl/α,β-unsaturated/α-hetero) is 1. The van der Waals surface area contributed by atoms with Crippen molar-refractivity contribution < 1.29 is 14.3 Å². The Balaban J connectivity index is 2.05. The largest absolute Gasteiger partial charge is 0.381 e. The average Bonchev–Trinajstić information content (AvgIpc) is 2.61. The van der Waals surface area contributed by atoms with Crippen LogP contribution in [0.1, 0.15) is 19.8 Å². The fourth-order valence-corrected chi connectivity index (χ4v) is 2.37. The number of rotatable bonds is 2. The van der Waals surface area contributed by atoms with Crippen molar-refractivity contribution in [2.75, 3.05) is 26.4 Å². The second-order valence-corrected chi connectivity index (χ2v) is 4.79. The Hall–Kier alpha value is -0.450. The molecular formula is C11H19NO3. The van der Waals surface area contributed by atoms with E-state index in [-0.39, 0.29) is 17.7 Å². The van der Waals surface area contributed by atoms with Crippen molar-refractivity contribution in [1.29, 1.82) is 0 Å². The highest BCUT2D eigenvalue weighted by molar-refractivity contribution is 5.88. The van der Waals surface area contributed by atoms with Crippen LogP contribution in [0.5, 0.6) is 0 Å². The van der Waals surface area contributed by atoms with Gasteiger partial charge in [0.1, 0.15) is 5.78 Å². The molecule has 86 valence electrons. The molecule has 2 fully saturated rings. The molecule has 0 aromatic rings. The molecule has 4 heteroatoms. The minimum atomic E-state index is -0.470. The zero-order valence-corrected chi connectivity index (χ0v) is 9.20. The van der Waals surface area contributed by atoms with Gasteiger partial charge in [0, 0.05) is 25.2 Å². The third-order valence-corrected chi connectivity index (χ3v) is 3.67. The van der Waals surface area contributed by atoms with E-state index in [1.165, 1.54) is 0 Å². The van der Waals surface area contributed by atoms with Crippen LogP contribution in [0.15, 0.2) is 0 Å².